The maximum atomic E-state index is 13.2. The Hall–Kier alpha value is -3.69. The highest BCUT2D eigenvalue weighted by atomic mass is 35.5. The number of Topliss-reactive ketones (excluding diaryl/α,β-unsaturated/α-hetero) is 1. The summed E-state index contributed by atoms with van der Waals surface area (Å²) in [5.74, 6) is -0.864. The van der Waals surface area contributed by atoms with E-state index in [-0.39, 0.29) is 5.78 Å². The van der Waals surface area contributed by atoms with E-state index in [4.69, 9.17) is 16.3 Å². The molecular formula is C27H19ClO3. The monoisotopic (exact) mass is 426 g/mol. The van der Waals surface area contributed by atoms with Crippen LogP contribution in [0.5, 0.6) is 0 Å². The minimum Gasteiger partial charge on any atom is -0.445 e. The van der Waals surface area contributed by atoms with Crippen LogP contribution in [0, 0.1) is 0 Å². The Balaban J connectivity index is 1.70. The van der Waals surface area contributed by atoms with E-state index in [2.05, 4.69) is 0 Å². The Labute approximate surface area is 185 Å². The SMILES string of the molecule is O=C(O[C@H](C(=O)c1ccccc1)c1ccc(Cl)cc1)c1ccccc1-c1ccccc1. The van der Waals surface area contributed by atoms with Gasteiger partial charge < -0.3 is 4.74 Å². The van der Waals surface area contributed by atoms with Gasteiger partial charge in [0.15, 0.2) is 6.10 Å². The maximum Gasteiger partial charge on any atom is 0.339 e. The molecule has 0 unspecified atom stereocenters. The molecule has 0 spiro atoms. The van der Waals surface area contributed by atoms with Crippen LogP contribution in [0.2, 0.25) is 5.02 Å². The first kappa shape index (κ1) is 20.6. The first-order valence-corrected chi connectivity index (χ1v) is 10.2. The Bertz CT molecular complexity index is 1190. The van der Waals surface area contributed by atoms with Gasteiger partial charge in [0.2, 0.25) is 5.78 Å². The van der Waals surface area contributed by atoms with Crippen molar-refractivity contribution in [1.82, 2.24) is 0 Å². The van der Waals surface area contributed by atoms with Crippen LogP contribution in [0.15, 0.2) is 109 Å². The van der Waals surface area contributed by atoms with Crippen molar-refractivity contribution in [2.24, 2.45) is 0 Å². The lowest BCUT2D eigenvalue weighted by atomic mass is 9.98. The minimum atomic E-state index is -1.09. The Morgan fingerprint density at radius 1 is 0.677 bits per heavy atom. The molecule has 152 valence electrons. The van der Waals surface area contributed by atoms with Gasteiger partial charge in [-0.25, -0.2) is 4.79 Å². The third-order valence-corrected chi connectivity index (χ3v) is 5.18. The Morgan fingerprint density at radius 3 is 1.94 bits per heavy atom. The number of esters is 1. The zero-order chi connectivity index (χ0) is 21.6. The van der Waals surface area contributed by atoms with Crippen molar-refractivity contribution >= 4 is 23.4 Å². The number of benzene rings is 4. The lowest BCUT2D eigenvalue weighted by Crippen LogP contribution is -2.20. The lowest BCUT2D eigenvalue weighted by Gasteiger charge is -2.19. The molecule has 3 nitrogen and oxygen atoms in total. The van der Waals surface area contributed by atoms with Crippen molar-refractivity contribution in [2.45, 2.75) is 6.10 Å². The summed E-state index contributed by atoms with van der Waals surface area (Å²) < 4.78 is 5.81. The topological polar surface area (TPSA) is 43.4 Å². The van der Waals surface area contributed by atoms with Crippen molar-refractivity contribution in [1.29, 1.82) is 0 Å². The first-order chi connectivity index (χ1) is 15.1. The standard InChI is InChI=1S/C27H19ClO3/c28-22-17-15-21(16-18-22)26(25(29)20-11-5-2-6-12-20)31-27(30)24-14-8-7-13-23(24)19-9-3-1-4-10-19/h1-18,26H/t26-/m0/s1. The highest BCUT2D eigenvalue weighted by Crippen LogP contribution is 2.29. The molecule has 0 bridgehead atoms. The molecule has 0 heterocycles. The zero-order valence-electron chi connectivity index (χ0n) is 16.6. The van der Waals surface area contributed by atoms with Crippen LogP contribution >= 0.6 is 11.6 Å². The number of ketones is 1. The van der Waals surface area contributed by atoms with Gasteiger partial charge in [-0.05, 0) is 29.3 Å². The molecule has 0 amide bonds. The van der Waals surface area contributed by atoms with Gasteiger partial charge in [0.05, 0.1) is 5.56 Å². The second-order valence-electron chi connectivity index (χ2n) is 6.98. The predicted octanol–water partition coefficient (Wildman–Crippen LogP) is 6.79. The van der Waals surface area contributed by atoms with Gasteiger partial charge in [-0.3, -0.25) is 4.79 Å². The normalized spacial score (nSPS) is 11.5. The number of carbonyl (C=O) groups excluding carboxylic acids is 2. The van der Waals surface area contributed by atoms with Crippen LogP contribution in [-0.4, -0.2) is 11.8 Å². The first-order valence-electron chi connectivity index (χ1n) is 9.83. The number of hydrogen-bond acceptors (Lipinski definition) is 3. The molecular weight excluding hydrogens is 408 g/mol. The highest BCUT2D eigenvalue weighted by Gasteiger charge is 2.27. The highest BCUT2D eigenvalue weighted by molar-refractivity contribution is 6.30. The largest absolute Gasteiger partial charge is 0.445 e. The second-order valence-corrected chi connectivity index (χ2v) is 7.42. The van der Waals surface area contributed by atoms with Gasteiger partial charge in [0, 0.05) is 16.1 Å². The quantitative estimate of drug-likeness (QED) is 0.252. The summed E-state index contributed by atoms with van der Waals surface area (Å²) in [4.78, 5) is 26.5. The molecule has 0 aliphatic carbocycles. The number of rotatable bonds is 6. The van der Waals surface area contributed by atoms with Gasteiger partial charge in [-0.2, -0.15) is 0 Å². The van der Waals surface area contributed by atoms with E-state index in [1.165, 1.54) is 0 Å². The fourth-order valence-corrected chi connectivity index (χ4v) is 3.49. The van der Waals surface area contributed by atoms with Crippen LogP contribution in [0.3, 0.4) is 0 Å². The molecule has 0 N–H and O–H groups in total. The third kappa shape index (κ3) is 4.73. The molecule has 0 aliphatic rings. The van der Waals surface area contributed by atoms with Crippen molar-refractivity contribution in [2.75, 3.05) is 0 Å². The summed E-state index contributed by atoms with van der Waals surface area (Å²) in [5.41, 5.74) is 3.06. The molecule has 0 saturated carbocycles. The number of hydrogen-bond donors (Lipinski definition) is 0. The second kappa shape index (κ2) is 9.41. The average Bonchev–Trinajstić information content (AvgIpc) is 2.84. The summed E-state index contributed by atoms with van der Waals surface area (Å²) >= 11 is 6.01. The van der Waals surface area contributed by atoms with Crippen LogP contribution in [-0.2, 0) is 4.74 Å². The van der Waals surface area contributed by atoms with Crippen LogP contribution in [0.4, 0.5) is 0 Å². The molecule has 1 atom stereocenters. The van der Waals surface area contributed by atoms with Crippen LogP contribution < -0.4 is 0 Å². The van der Waals surface area contributed by atoms with Gasteiger partial charge in [0.25, 0.3) is 0 Å². The van der Waals surface area contributed by atoms with Crippen molar-refractivity contribution < 1.29 is 14.3 Å². The van der Waals surface area contributed by atoms with Crippen molar-refractivity contribution in [3.63, 3.8) is 0 Å². The van der Waals surface area contributed by atoms with Crippen LogP contribution in [0.25, 0.3) is 11.1 Å². The Kier molecular flexibility index (Phi) is 6.25. The molecule has 0 aromatic heterocycles. The average molecular weight is 427 g/mol. The lowest BCUT2D eigenvalue weighted by molar-refractivity contribution is 0.0281. The van der Waals surface area contributed by atoms with E-state index in [9.17, 15) is 9.59 Å². The maximum absolute atomic E-state index is 13.2. The van der Waals surface area contributed by atoms with Crippen LogP contribution in [0.1, 0.15) is 32.4 Å². The molecule has 0 saturated heterocycles. The van der Waals surface area contributed by atoms with E-state index in [0.717, 1.165) is 11.1 Å². The van der Waals surface area contributed by atoms with Crippen molar-refractivity contribution in [3.8, 4) is 11.1 Å². The minimum absolute atomic E-state index is 0.298. The van der Waals surface area contributed by atoms with Gasteiger partial charge in [-0.15, -0.1) is 0 Å². The summed E-state index contributed by atoms with van der Waals surface area (Å²) in [5, 5.41) is 0.537. The molecule has 0 aliphatic heterocycles. The number of halogens is 1. The summed E-state index contributed by atoms with van der Waals surface area (Å²) in [6.45, 7) is 0. The number of carbonyl (C=O) groups is 2. The molecule has 4 aromatic carbocycles. The van der Waals surface area contributed by atoms with E-state index in [1.54, 1.807) is 60.7 Å². The summed E-state index contributed by atoms with van der Waals surface area (Å²) in [6, 6.07) is 32.3. The fourth-order valence-electron chi connectivity index (χ4n) is 3.37. The smallest absolute Gasteiger partial charge is 0.339 e. The van der Waals surface area contributed by atoms with E-state index >= 15 is 0 Å². The molecule has 4 heteroatoms. The molecule has 4 rings (SSSR count). The molecule has 4 aromatic rings. The predicted molar refractivity (Wildman–Crippen MR) is 122 cm³/mol. The third-order valence-electron chi connectivity index (χ3n) is 4.93. The molecule has 0 radical (unpaired) electrons. The molecule has 0 fully saturated rings. The van der Waals surface area contributed by atoms with E-state index in [1.807, 2.05) is 48.5 Å². The van der Waals surface area contributed by atoms with Gasteiger partial charge in [-0.1, -0.05) is 103 Å². The zero-order valence-corrected chi connectivity index (χ0v) is 17.3. The van der Waals surface area contributed by atoms with E-state index in [0.29, 0.717) is 21.7 Å². The summed E-state index contributed by atoms with van der Waals surface area (Å²) in [7, 11) is 0. The van der Waals surface area contributed by atoms with Crippen molar-refractivity contribution in [3.05, 3.63) is 131 Å². The van der Waals surface area contributed by atoms with E-state index < -0.39 is 12.1 Å². The Morgan fingerprint density at radius 2 is 1.26 bits per heavy atom. The van der Waals surface area contributed by atoms with Gasteiger partial charge >= 0.3 is 5.97 Å². The summed E-state index contributed by atoms with van der Waals surface area (Å²) in [6.07, 6.45) is -1.09. The van der Waals surface area contributed by atoms with Gasteiger partial charge in [0.1, 0.15) is 0 Å². The fraction of sp³-hybridized carbons (Fsp3) is 0.0370. The number of ether oxygens (including phenoxy) is 1. The molecule has 31 heavy (non-hydrogen) atoms.